The highest BCUT2D eigenvalue weighted by molar-refractivity contribution is 5.88. The molecule has 0 aromatic rings. The Morgan fingerprint density at radius 2 is 0.714 bits per heavy atom. The Balaban J connectivity index is 5.25. The zero-order valence-electron chi connectivity index (χ0n) is 56.2. The van der Waals surface area contributed by atoms with Gasteiger partial charge in [-0.25, -0.2) is 0 Å². The summed E-state index contributed by atoms with van der Waals surface area (Å²) in [7, 11) is 0. The first-order valence-corrected chi connectivity index (χ1v) is 36.8. The van der Waals surface area contributed by atoms with E-state index in [2.05, 4.69) is 101 Å². The van der Waals surface area contributed by atoms with Crippen LogP contribution in [0.4, 0.5) is 0 Å². The molecule has 84 heavy (non-hydrogen) atoms. The summed E-state index contributed by atoms with van der Waals surface area (Å²) in [5, 5.41) is 16.7. The Hall–Kier alpha value is -2.79. The van der Waals surface area contributed by atoms with Crippen LogP contribution in [0.5, 0.6) is 0 Å². The monoisotopic (exact) mass is 1180 g/mol. The highest BCUT2D eigenvalue weighted by atomic mass is 16.2. The van der Waals surface area contributed by atoms with E-state index in [1.807, 2.05) is 0 Å². The van der Waals surface area contributed by atoms with Crippen LogP contribution in [0.15, 0.2) is 48.6 Å². The molecule has 0 heterocycles. The smallest absolute Gasteiger partial charge is 0.245 e. The Labute approximate surface area is 522 Å². The van der Waals surface area contributed by atoms with E-state index in [4.69, 9.17) is 5.73 Å². The number of hydrogen-bond acceptors (Lipinski definition) is 7. The van der Waals surface area contributed by atoms with Gasteiger partial charge >= 0.3 is 0 Å². The van der Waals surface area contributed by atoms with Gasteiger partial charge in [0.2, 0.25) is 17.7 Å². The number of rotatable bonds is 69. The fourth-order valence-electron chi connectivity index (χ4n) is 11.0. The summed E-state index contributed by atoms with van der Waals surface area (Å²) >= 11 is 0. The summed E-state index contributed by atoms with van der Waals surface area (Å²) in [6, 6.07) is -0.561. The van der Waals surface area contributed by atoms with Crippen LogP contribution >= 0.6 is 0 Å². The van der Waals surface area contributed by atoms with Gasteiger partial charge in [-0.05, 0) is 142 Å². The first-order chi connectivity index (χ1) is 41.5. The van der Waals surface area contributed by atoms with E-state index in [-0.39, 0.29) is 24.3 Å². The fraction of sp³-hybridized carbons (Fsp3) is 0.851. The second kappa shape index (κ2) is 71.0. The van der Waals surface area contributed by atoms with Gasteiger partial charge in [-0.2, -0.15) is 0 Å². The van der Waals surface area contributed by atoms with Crippen LogP contribution in [0.3, 0.4) is 0 Å². The van der Waals surface area contributed by atoms with Crippen molar-refractivity contribution < 1.29 is 14.4 Å². The van der Waals surface area contributed by atoms with E-state index >= 15 is 0 Å². The quantitative estimate of drug-likeness (QED) is 0.0263. The summed E-state index contributed by atoms with van der Waals surface area (Å²) in [6.07, 6.45) is 77.0. The molecule has 0 saturated carbocycles. The number of nitrogens with two attached hydrogens (primary N) is 1. The van der Waals surface area contributed by atoms with Gasteiger partial charge in [-0.1, -0.05) is 275 Å². The summed E-state index contributed by atoms with van der Waals surface area (Å²) in [6.45, 7) is 14.5. The summed E-state index contributed by atoms with van der Waals surface area (Å²) in [4.78, 5) is 43.1. The molecule has 0 radical (unpaired) electrons. The molecule has 0 aliphatic heterocycles. The number of hydrogen-bond donors (Lipinski definition) is 6. The van der Waals surface area contributed by atoms with Gasteiger partial charge in [0.1, 0.15) is 6.04 Å². The summed E-state index contributed by atoms with van der Waals surface area (Å²) in [5.41, 5.74) is 5.59. The summed E-state index contributed by atoms with van der Waals surface area (Å²) < 4.78 is 0. The molecule has 1 unspecified atom stereocenters. The van der Waals surface area contributed by atoms with Crippen LogP contribution in [0.1, 0.15) is 335 Å². The van der Waals surface area contributed by atoms with Crippen molar-refractivity contribution in [2.45, 2.75) is 341 Å². The molecule has 0 aromatic carbocycles. The molecule has 0 fully saturated rings. The average molecular weight is 1180 g/mol. The number of unbranched alkanes of at least 4 members (excludes halogenated alkanes) is 36. The van der Waals surface area contributed by atoms with E-state index in [1.54, 1.807) is 0 Å². The lowest BCUT2D eigenvalue weighted by molar-refractivity contribution is -0.136. The zero-order chi connectivity index (χ0) is 60.8. The minimum atomic E-state index is -0.561. The van der Waals surface area contributed by atoms with Crippen LogP contribution in [0.25, 0.3) is 0 Å². The molecule has 1 atom stereocenters. The molecule has 10 heteroatoms. The maximum atomic E-state index is 14.6. The number of carbonyl (C=O) groups is 3. The molecule has 0 bridgehead atoms. The molecule has 0 aliphatic rings. The standard InChI is InChI=1S/C74H143N7O3/c1-4-7-10-13-16-19-22-25-28-31-32-35-38-41-44-47-50-60-72(82)79-67-52-51-59-71(80-73(83)70-78-66-58-65-77-63-54-53-62-76-64-57-61-75)74(84)81(68-55-48-45-42-39-36-33-29-26-23-20-17-14-11-8-5-2)69-56-49-46-43-40-37-34-30-27-24-21-18-15-12-9-6-3/h16,19,25,28,32,35,41,44,71,76-78H,4-15,17-18,20-24,26-27,29-31,33-34,36-40,42-43,45-70,75H2,1-3H3,(H,79,82)(H,80,83). The predicted octanol–water partition coefficient (Wildman–Crippen LogP) is 18.5. The molecule has 0 spiro atoms. The van der Waals surface area contributed by atoms with Gasteiger partial charge in [-0.15, -0.1) is 0 Å². The van der Waals surface area contributed by atoms with Crippen molar-refractivity contribution in [2.75, 3.05) is 65.4 Å². The van der Waals surface area contributed by atoms with E-state index in [1.165, 1.54) is 205 Å². The van der Waals surface area contributed by atoms with E-state index in [9.17, 15) is 14.4 Å². The molecule has 3 amide bonds. The Kier molecular flexibility index (Phi) is 68.6. The molecule has 0 saturated heterocycles. The molecule has 0 aliphatic carbocycles. The third kappa shape index (κ3) is 63.7. The number of nitrogens with one attached hydrogen (secondary N) is 5. The largest absolute Gasteiger partial charge is 0.356 e. The van der Waals surface area contributed by atoms with Crippen molar-refractivity contribution in [1.29, 1.82) is 0 Å². The molecular weight excluding hydrogens is 1030 g/mol. The van der Waals surface area contributed by atoms with Gasteiger partial charge in [0.05, 0.1) is 6.54 Å². The minimum Gasteiger partial charge on any atom is -0.356 e. The third-order valence-corrected chi connectivity index (χ3v) is 16.5. The van der Waals surface area contributed by atoms with Crippen molar-refractivity contribution >= 4 is 17.7 Å². The van der Waals surface area contributed by atoms with E-state index in [0.717, 1.165) is 149 Å². The van der Waals surface area contributed by atoms with Crippen molar-refractivity contribution in [3.05, 3.63) is 48.6 Å². The molecular formula is C74H143N7O3. The van der Waals surface area contributed by atoms with Crippen LogP contribution in [-0.4, -0.2) is 94.1 Å². The van der Waals surface area contributed by atoms with Crippen LogP contribution in [0, 0.1) is 0 Å². The maximum Gasteiger partial charge on any atom is 0.245 e. The second-order valence-electron chi connectivity index (χ2n) is 24.8. The highest BCUT2D eigenvalue weighted by Gasteiger charge is 2.25. The fourth-order valence-corrected chi connectivity index (χ4v) is 11.0. The molecule has 10 nitrogen and oxygen atoms in total. The SMILES string of the molecule is CCCCCC=CCC=CCC=CCC=CCCCC(=O)NCCCCC(NC(=O)CNCCCNCCCCNCCCN)C(=O)N(CCCCCCCCCCCCCCCCCC)CCCCCCCCCCCCCCCCCC. The van der Waals surface area contributed by atoms with Gasteiger partial charge in [0, 0.05) is 26.1 Å². The molecule has 7 N–H and O–H groups in total. The number of carbonyl (C=O) groups excluding carboxylic acids is 3. The maximum absolute atomic E-state index is 14.6. The lowest BCUT2D eigenvalue weighted by atomic mass is 10.0. The van der Waals surface area contributed by atoms with Crippen LogP contribution in [-0.2, 0) is 14.4 Å². The van der Waals surface area contributed by atoms with Crippen LogP contribution in [0.2, 0.25) is 0 Å². The number of amides is 3. The topological polar surface area (TPSA) is 141 Å². The third-order valence-electron chi connectivity index (χ3n) is 16.5. The average Bonchev–Trinajstić information content (AvgIpc) is 3.51. The predicted molar refractivity (Wildman–Crippen MR) is 369 cm³/mol. The van der Waals surface area contributed by atoms with Crippen molar-refractivity contribution in [3.8, 4) is 0 Å². The van der Waals surface area contributed by atoms with Gasteiger partial charge in [-0.3, -0.25) is 14.4 Å². The first kappa shape index (κ1) is 81.2. The number of nitrogens with zero attached hydrogens (tertiary/aromatic N) is 1. The molecule has 0 rings (SSSR count). The minimum absolute atomic E-state index is 0.0740. The lowest BCUT2D eigenvalue weighted by Crippen LogP contribution is -2.51. The van der Waals surface area contributed by atoms with Gasteiger partial charge < -0.3 is 37.2 Å². The van der Waals surface area contributed by atoms with Crippen molar-refractivity contribution in [3.63, 3.8) is 0 Å². The number of allylic oxidation sites excluding steroid dienone is 8. The van der Waals surface area contributed by atoms with E-state index in [0.29, 0.717) is 19.4 Å². The Bertz CT molecular complexity index is 1450. The Morgan fingerprint density at radius 3 is 1.15 bits per heavy atom. The van der Waals surface area contributed by atoms with Gasteiger partial charge in [0.25, 0.3) is 0 Å². The molecule has 492 valence electrons. The lowest BCUT2D eigenvalue weighted by Gasteiger charge is -2.28. The van der Waals surface area contributed by atoms with Crippen LogP contribution < -0.4 is 32.3 Å². The first-order valence-electron chi connectivity index (χ1n) is 36.8. The van der Waals surface area contributed by atoms with Gasteiger partial charge in [0.15, 0.2) is 0 Å². The van der Waals surface area contributed by atoms with E-state index < -0.39 is 6.04 Å². The molecule has 0 aromatic heterocycles. The highest BCUT2D eigenvalue weighted by Crippen LogP contribution is 2.17. The normalized spacial score (nSPS) is 12.3. The van der Waals surface area contributed by atoms with Crippen molar-refractivity contribution in [1.82, 2.24) is 31.5 Å². The van der Waals surface area contributed by atoms with Crippen molar-refractivity contribution in [2.24, 2.45) is 5.73 Å². The second-order valence-corrected chi connectivity index (χ2v) is 24.8. The summed E-state index contributed by atoms with van der Waals surface area (Å²) in [5.74, 6) is 0.0452. The Morgan fingerprint density at radius 1 is 0.357 bits per heavy atom. The zero-order valence-corrected chi connectivity index (χ0v) is 56.2.